The van der Waals surface area contributed by atoms with Crippen molar-refractivity contribution in [3.63, 3.8) is 0 Å². The number of carbonyl (C=O) groups is 2. The quantitative estimate of drug-likeness (QED) is 0.320. The molecule has 1 aliphatic rings. The van der Waals surface area contributed by atoms with E-state index < -0.39 is 34.7 Å². The maximum absolute atomic E-state index is 14.3. The highest BCUT2D eigenvalue weighted by Crippen LogP contribution is 2.46. The molecular formula is C25H20ClF2N7O3. The number of hydrogen-bond donors (Lipinski definition) is 1. The number of halogens is 3. The second kappa shape index (κ2) is 10.6. The monoisotopic (exact) mass is 539 g/mol. The summed E-state index contributed by atoms with van der Waals surface area (Å²) in [6.07, 6.45) is 8.01. The summed E-state index contributed by atoms with van der Waals surface area (Å²) in [4.78, 5) is 39.8. The molecule has 0 saturated heterocycles. The number of amides is 2. The van der Waals surface area contributed by atoms with E-state index in [1.165, 1.54) is 43.1 Å². The summed E-state index contributed by atoms with van der Waals surface area (Å²) in [5, 5.41) is 9.91. The molecule has 194 valence electrons. The first kappa shape index (κ1) is 25.3. The largest absolute Gasteiger partial charge is 0.353 e. The number of pyridine rings is 1. The molecule has 1 fully saturated rings. The van der Waals surface area contributed by atoms with Gasteiger partial charge in [0.15, 0.2) is 5.76 Å². The predicted molar refractivity (Wildman–Crippen MR) is 131 cm³/mol. The Morgan fingerprint density at radius 2 is 1.82 bits per heavy atom. The van der Waals surface area contributed by atoms with E-state index in [2.05, 4.69) is 30.6 Å². The van der Waals surface area contributed by atoms with Crippen molar-refractivity contribution in [3.8, 4) is 11.3 Å². The van der Waals surface area contributed by atoms with E-state index in [0.29, 0.717) is 17.0 Å². The Bertz CT molecular complexity index is 1400. The highest BCUT2D eigenvalue weighted by molar-refractivity contribution is 6.32. The Morgan fingerprint density at radius 3 is 2.39 bits per heavy atom. The third-order valence-corrected chi connectivity index (χ3v) is 6.53. The van der Waals surface area contributed by atoms with Gasteiger partial charge in [-0.1, -0.05) is 11.6 Å². The number of hydrogen-bond acceptors (Lipinski definition) is 8. The van der Waals surface area contributed by atoms with E-state index in [9.17, 15) is 18.4 Å². The van der Waals surface area contributed by atoms with Crippen LogP contribution in [-0.2, 0) is 15.0 Å². The molecule has 4 aromatic rings. The standard InChI is InChI=1S/C25H20ClF2N7O3/c26-22(28)24(37)35(18-4-1-15(2-5-18)19-12-33-34-38-19)21(16-9-29-14-30-10-16)23(36)32-13-25(7-8-25)20-6-3-17(27)11-31-20/h1-6,9-12,14,21-22H,7-8,13H2,(H,32,36). The van der Waals surface area contributed by atoms with Gasteiger partial charge in [0.2, 0.25) is 5.91 Å². The molecule has 1 aliphatic carbocycles. The van der Waals surface area contributed by atoms with Crippen LogP contribution in [0.1, 0.15) is 30.1 Å². The zero-order chi connectivity index (χ0) is 26.7. The van der Waals surface area contributed by atoms with Crippen LogP contribution in [0.15, 0.2) is 72.0 Å². The fourth-order valence-electron chi connectivity index (χ4n) is 4.18. The molecule has 0 aliphatic heterocycles. The van der Waals surface area contributed by atoms with Gasteiger partial charge in [-0.3, -0.25) is 19.5 Å². The third-order valence-electron chi connectivity index (χ3n) is 6.34. The second-order valence-electron chi connectivity index (χ2n) is 8.77. The molecule has 2 amide bonds. The van der Waals surface area contributed by atoms with E-state index >= 15 is 0 Å². The number of aromatic nitrogens is 5. The first-order valence-electron chi connectivity index (χ1n) is 11.5. The Kier molecular flexibility index (Phi) is 7.05. The van der Waals surface area contributed by atoms with E-state index in [0.717, 1.165) is 23.9 Å². The minimum absolute atomic E-state index is 0.175. The van der Waals surface area contributed by atoms with Gasteiger partial charge in [0.25, 0.3) is 11.5 Å². The molecular weight excluding hydrogens is 520 g/mol. The van der Waals surface area contributed by atoms with Crippen molar-refractivity contribution in [1.29, 1.82) is 0 Å². The number of alkyl halides is 2. The Balaban J connectivity index is 1.47. The van der Waals surface area contributed by atoms with E-state index in [-0.39, 0.29) is 17.8 Å². The Labute approximate surface area is 220 Å². The fraction of sp³-hybridized carbons (Fsp3) is 0.240. The molecule has 2 unspecified atom stereocenters. The summed E-state index contributed by atoms with van der Waals surface area (Å²) in [5.74, 6) is -1.84. The van der Waals surface area contributed by atoms with Crippen LogP contribution in [-0.4, -0.2) is 49.3 Å². The summed E-state index contributed by atoms with van der Waals surface area (Å²) >= 11 is 5.58. The van der Waals surface area contributed by atoms with Crippen LogP contribution in [0.4, 0.5) is 14.5 Å². The van der Waals surface area contributed by atoms with Crippen LogP contribution < -0.4 is 10.2 Å². The predicted octanol–water partition coefficient (Wildman–Crippen LogP) is 3.52. The molecule has 0 bridgehead atoms. The van der Waals surface area contributed by atoms with E-state index in [4.69, 9.17) is 16.1 Å². The lowest BCUT2D eigenvalue weighted by molar-refractivity contribution is -0.127. The van der Waals surface area contributed by atoms with Crippen molar-refractivity contribution in [2.24, 2.45) is 0 Å². The number of rotatable bonds is 9. The van der Waals surface area contributed by atoms with Gasteiger partial charge in [0.1, 0.15) is 18.2 Å². The smallest absolute Gasteiger partial charge is 0.278 e. The summed E-state index contributed by atoms with van der Waals surface area (Å²) in [6.45, 7) is 0.175. The SMILES string of the molecule is O=C(NCC1(c2ccc(F)cn2)CC1)C(c1cncnc1)N(C(=O)C(F)Cl)c1ccc(-c2cnno2)cc1. The highest BCUT2D eigenvalue weighted by Gasteiger charge is 2.46. The minimum Gasteiger partial charge on any atom is -0.353 e. The number of nitrogens with one attached hydrogen (secondary N) is 1. The van der Waals surface area contributed by atoms with Crippen molar-refractivity contribution in [2.45, 2.75) is 29.9 Å². The zero-order valence-corrected chi connectivity index (χ0v) is 20.4. The van der Waals surface area contributed by atoms with Gasteiger partial charge >= 0.3 is 0 Å². The van der Waals surface area contributed by atoms with Crippen LogP contribution in [0, 0.1) is 5.82 Å². The van der Waals surface area contributed by atoms with Crippen LogP contribution in [0.2, 0.25) is 0 Å². The molecule has 3 aromatic heterocycles. The van der Waals surface area contributed by atoms with E-state index in [1.54, 1.807) is 18.2 Å². The van der Waals surface area contributed by atoms with Crippen LogP contribution in [0.3, 0.4) is 0 Å². The van der Waals surface area contributed by atoms with Crippen molar-refractivity contribution < 1.29 is 22.9 Å². The molecule has 1 N–H and O–H groups in total. The first-order valence-corrected chi connectivity index (χ1v) is 12.0. The van der Waals surface area contributed by atoms with Gasteiger partial charge in [-0.15, -0.1) is 5.10 Å². The summed E-state index contributed by atoms with van der Waals surface area (Å²) in [7, 11) is 0. The molecule has 10 nitrogen and oxygen atoms in total. The molecule has 38 heavy (non-hydrogen) atoms. The molecule has 1 saturated carbocycles. The first-order chi connectivity index (χ1) is 18.4. The maximum Gasteiger partial charge on any atom is 0.278 e. The molecule has 5 rings (SSSR count). The molecule has 13 heteroatoms. The maximum atomic E-state index is 14.3. The van der Waals surface area contributed by atoms with Gasteiger partial charge in [-0.25, -0.2) is 18.7 Å². The number of anilines is 1. The normalized spacial score (nSPS) is 15.3. The van der Waals surface area contributed by atoms with Gasteiger partial charge < -0.3 is 9.84 Å². The van der Waals surface area contributed by atoms with Gasteiger partial charge in [0.05, 0.1) is 12.4 Å². The summed E-state index contributed by atoms with van der Waals surface area (Å²) in [6, 6.07) is 7.79. The lowest BCUT2D eigenvalue weighted by Crippen LogP contribution is -2.47. The average Bonchev–Trinajstić information content (AvgIpc) is 3.53. The fourth-order valence-corrected chi connectivity index (χ4v) is 4.28. The van der Waals surface area contributed by atoms with Gasteiger partial charge in [0, 0.05) is 52.1 Å². The molecule has 0 spiro atoms. The zero-order valence-electron chi connectivity index (χ0n) is 19.7. The average molecular weight is 540 g/mol. The third kappa shape index (κ3) is 5.21. The summed E-state index contributed by atoms with van der Waals surface area (Å²) < 4.78 is 32.7. The van der Waals surface area contributed by atoms with Crippen LogP contribution in [0.5, 0.6) is 0 Å². The van der Waals surface area contributed by atoms with E-state index in [1.807, 2.05) is 0 Å². The Morgan fingerprint density at radius 1 is 1.08 bits per heavy atom. The van der Waals surface area contributed by atoms with Crippen molar-refractivity contribution >= 4 is 29.1 Å². The van der Waals surface area contributed by atoms with Gasteiger partial charge in [-0.2, -0.15) is 0 Å². The second-order valence-corrected chi connectivity index (χ2v) is 9.15. The van der Waals surface area contributed by atoms with Crippen molar-refractivity contribution in [1.82, 2.24) is 30.6 Å². The summed E-state index contributed by atoms with van der Waals surface area (Å²) in [5.41, 5.74) is -1.21. The van der Waals surface area contributed by atoms with Gasteiger partial charge in [-0.05, 0) is 49.2 Å². The molecule has 2 atom stereocenters. The highest BCUT2D eigenvalue weighted by atomic mass is 35.5. The lowest BCUT2D eigenvalue weighted by atomic mass is 10.0. The van der Waals surface area contributed by atoms with Crippen LogP contribution >= 0.6 is 11.6 Å². The number of benzene rings is 1. The number of nitrogens with zero attached hydrogens (tertiary/aromatic N) is 6. The Hall–Kier alpha value is -4.32. The molecule has 1 aromatic carbocycles. The van der Waals surface area contributed by atoms with Crippen LogP contribution in [0.25, 0.3) is 11.3 Å². The number of carbonyl (C=O) groups excluding carboxylic acids is 2. The topological polar surface area (TPSA) is 127 Å². The molecule has 3 heterocycles. The minimum atomic E-state index is -2.42. The lowest BCUT2D eigenvalue weighted by Gasteiger charge is -2.31. The van der Waals surface area contributed by atoms with Crippen molar-refractivity contribution in [3.05, 3.63) is 84.6 Å². The van der Waals surface area contributed by atoms with Crippen molar-refractivity contribution in [2.75, 3.05) is 11.4 Å². The molecule has 0 radical (unpaired) electrons.